The van der Waals surface area contributed by atoms with E-state index in [-0.39, 0.29) is 6.54 Å². The van der Waals surface area contributed by atoms with Gasteiger partial charge in [0.25, 0.3) is 0 Å². The first kappa shape index (κ1) is 25.5. The van der Waals surface area contributed by atoms with Crippen molar-refractivity contribution >= 4 is 27.0 Å². The van der Waals surface area contributed by atoms with Gasteiger partial charge in [-0.15, -0.1) is 0 Å². The molecule has 1 heterocycles. The molecule has 0 atom stereocenters. The van der Waals surface area contributed by atoms with Crippen molar-refractivity contribution in [1.82, 2.24) is 14.1 Å². The Bertz CT molecular complexity index is 1510. The summed E-state index contributed by atoms with van der Waals surface area (Å²) in [4.78, 5) is 0. The summed E-state index contributed by atoms with van der Waals surface area (Å²) in [6, 6.07) is 15.5. The fraction of sp³-hybridized carbons (Fsp3) is 0.192. The molecule has 0 amide bonds. The summed E-state index contributed by atoms with van der Waals surface area (Å²) in [6.07, 6.45) is -1.32. The van der Waals surface area contributed by atoms with Crippen LogP contribution in [0.25, 0.3) is 28.1 Å². The summed E-state index contributed by atoms with van der Waals surface area (Å²) < 4.78 is 72.8. The molecule has 3 aromatic carbocycles. The van der Waals surface area contributed by atoms with Gasteiger partial charge in [-0.3, -0.25) is 4.68 Å². The Hall–Kier alpha value is -3.63. The van der Waals surface area contributed by atoms with E-state index in [2.05, 4.69) is 5.10 Å². The maximum Gasteiger partial charge on any atom is 0.416 e. The number of halogens is 3. The molecule has 0 aliphatic heterocycles. The molecule has 10 heteroatoms. The van der Waals surface area contributed by atoms with Crippen molar-refractivity contribution in [3.8, 4) is 16.9 Å². The molecule has 6 nitrogen and oxygen atoms in total. The lowest BCUT2D eigenvalue weighted by Crippen LogP contribution is -2.24. The Morgan fingerprint density at radius 3 is 2.31 bits per heavy atom. The van der Waals surface area contributed by atoms with Crippen molar-refractivity contribution in [1.29, 1.82) is 0 Å². The SMILES string of the molecule is COc1ccc(CN(C)S(=O)(=O)/C=C/c2cc(-c3ccc(C(F)(F)F)cc3)cc3c2cnn3C)cc1. The van der Waals surface area contributed by atoms with Gasteiger partial charge in [0, 0.05) is 31.4 Å². The van der Waals surface area contributed by atoms with Crippen molar-refractivity contribution in [2.75, 3.05) is 14.2 Å². The molecule has 0 N–H and O–H groups in total. The highest BCUT2D eigenvalue weighted by Crippen LogP contribution is 2.33. The van der Waals surface area contributed by atoms with Gasteiger partial charge in [0.1, 0.15) is 5.75 Å². The predicted molar refractivity (Wildman–Crippen MR) is 134 cm³/mol. The van der Waals surface area contributed by atoms with Crippen molar-refractivity contribution in [3.05, 3.63) is 89.0 Å². The highest BCUT2D eigenvalue weighted by atomic mass is 32.2. The minimum absolute atomic E-state index is 0.171. The van der Waals surface area contributed by atoms with E-state index in [4.69, 9.17) is 4.74 Å². The van der Waals surface area contributed by atoms with Gasteiger partial charge >= 0.3 is 6.18 Å². The number of methoxy groups -OCH3 is 1. The molecule has 0 unspecified atom stereocenters. The quantitative estimate of drug-likeness (QED) is 0.317. The van der Waals surface area contributed by atoms with Crippen LogP contribution < -0.4 is 4.74 Å². The second kappa shape index (κ2) is 9.79. The number of nitrogens with zero attached hydrogens (tertiary/aromatic N) is 3. The van der Waals surface area contributed by atoms with Crippen LogP contribution in [-0.2, 0) is 29.8 Å². The highest BCUT2D eigenvalue weighted by molar-refractivity contribution is 7.92. The summed E-state index contributed by atoms with van der Waals surface area (Å²) >= 11 is 0. The van der Waals surface area contributed by atoms with Crippen LogP contribution >= 0.6 is 0 Å². The molecule has 0 aliphatic carbocycles. The van der Waals surface area contributed by atoms with Crippen LogP contribution in [0, 0.1) is 0 Å². The zero-order valence-electron chi connectivity index (χ0n) is 19.8. The third kappa shape index (κ3) is 5.44. The van der Waals surface area contributed by atoms with Gasteiger partial charge in [0.15, 0.2) is 0 Å². The number of fused-ring (bicyclic) bond motifs is 1. The first-order chi connectivity index (χ1) is 17.0. The number of aromatic nitrogens is 2. The largest absolute Gasteiger partial charge is 0.497 e. The second-order valence-corrected chi connectivity index (χ2v) is 10.2. The van der Waals surface area contributed by atoms with Crippen LogP contribution in [0.4, 0.5) is 13.2 Å². The molecule has 0 saturated carbocycles. The first-order valence-corrected chi connectivity index (χ1v) is 12.4. The lowest BCUT2D eigenvalue weighted by atomic mass is 9.99. The molecule has 0 bridgehead atoms. The number of alkyl halides is 3. The Morgan fingerprint density at radius 2 is 1.69 bits per heavy atom. The molecule has 0 aliphatic rings. The van der Waals surface area contributed by atoms with E-state index in [0.717, 1.165) is 34.0 Å². The van der Waals surface area contributed by atoms with E-state index in [1.54, 1.807) is 55.4 Å². The molecular formula is C26H24F3N3O3S. The highest BCUT2D eigenvalue weighted by Gasteiger charge is 2.30. The Morgan fingerprint density at radius 1 is 1.03 bits per heavy atom. The summed E-state index contributed by atoms with van der Waals surface area (Å²) in [7, 11) is 1.02. The normalized spacial score (nSPS) is 12.6. The molecule has 1 aromatic heterocycles. The molecular weight excluding hydrogens is 491 g/mol. The summed E-state index contributed by atoms with van der Waals surface area (Å²) in [5, 5.41) is 6.09. The molecule has 0 radical (unpaired) electrons. The van der Waals surface area contributed by atoms with Gasteiger partial charge in [-0.2, -0.15) is 22.6 Å². The van der Waals surface area contributed by atoms with Gasteiger partial charge in [-0.05, 0) is 64.7 Å². The van der Waals surface area contributed by atoms with Gasteiger partial charge in [-0.1, -0.05) is 24.3 Å². The van der Waals surface area contributed by atoms with Crippen LogP contribution in [0.3, 0.4) is 0 Å². The summed E-state index contributed by atoms with van der Waals surface area (Å²) in [5.74, 6) is 0.678. The lowest BCUT2D eigenvalue weighted by molar-refractivity contribution is -0.137. The van der Waals surface area contributed by atoms with Crippen LogP contribution in [-0.4, -0.2) is 36.7 Å². The minimum Gasteiger partial charge on any atom is -0.497 e. The molecule has 0 spiro atoms. The van der Waals surface area contributed by atoms with Crippen molar-refractivity contribution < 1.29 is 26.3 Å². The molecule has 0 fully saturated rings. The van der Waals surface area contributed by atoms with Crippen LogP contribution in [0.2, 0.25) is 0 Å². The molecule has 4 aromatic rings. The maximum absolute atomic E-state index is 13.0. The molecule has 4 rings (SSSR count). The van der Waals surface area contributed by atoms with Crippen LogP contribution in [0.15, 0.2) is 72.3 Å². The summed E-state index contributed by atoms with van der Waals surface area (Å²) in [6.45, 7) is 0.171. The standard InChI is InChI=1S/C26H24F3N3O3S/c1-31(17-18-4-10-23(35-3)11-5-18)36(33,34)13-12-20-14-21(15-25-24(20)16-30-32(25)2)19-6-8-22(9-7-19)26(27,28)29/h4-16H,17H2,1-3H3/b13-12+. The zero-order valence-corrected chi connectivity index (χ0v) is 20.6. The second-order valence-electron chi connectivity index (χ2n) is 8.29. The van der Waals surface area contributed by atoms with Crippen molar-refractivity contribution in [2.24, 2.45) is 7.05 Å². The number of aryl methyl sites for hydroxylation is 1. The van der Waals surface area contributed by atoms with Crippen LogP contribution in [0.5, 0.6) is 5.75 Å². The van der Waals surface area contributed by atoms with Crippen molar-refractivity contribution in [2.45, 2.75) is 12.7 Å². The van der Waals surface area contributed by atoms with Gasteiger partial charge in [0.05, 0.1) is 24.4 Å². The van der Waals surface area contributed by atoms with Crippen molar-refractivity contribution in [3.63, 3.8) is 0 Å². The maximum atomic E-state index is 13.0. The minimum atomic E-state index is -4.43. The monoisotopic (exact) mass is 515 g/mol. The zero-order chi connectivity index (χ0) is 26.1. The number of hydrogen-bond acceptors (Lipinski definition) is 4. The number of hydrogen-bond donors (Lipinski definition) is 0. The Labute approximate surface area is 207 Å². The predicted octanol–water partition coefficient (Wildman–Crippen LogP) is 5.70. The van der Waals surface area contributed by atoms with E-state index < -0.39 is 21.8 Å². The van der Waals surface area contributed by atoms with E-state index in [9.17, 15) is 21.6 Å². The topological polar surface area (TPSA) is 64.4 Å². The average Bonchev–Trinajstić information content (AvgIpc) is 3.23. The Kier molecular flexibility index (Phi) is 6.92. The lowest BCUT2D eigenvalue weighted by Gasteiger charge is -2.15. The smallest absolute Gasteiger partial charge is 0.416 e. The summed E-state index contributed by atoms with van der Waals surface area (Å²) in [5.41, 5.74) is 2.57. The average molecular weight is 516 g/mol. The Balaban J connectivity index is 1.65. The number of benzene rings is 3. The third-order valence-corrected chi connectivity index (χ3v) is 7.34. The first-order valence-electron chi connectivity index (χ1n) is 10.9. The van der Waals surface area contributed by atoms with Gasteiger partial charge in [-0.25, -0.2) is 8.42 Å². The van der Waals surface area contributed by atoms with Crippen LogP contribution in [0.1, 0.15) is 16.7 Å². The fourth-order valence-corrected chi connectivity index (χ4v) is 4.63. The number of sulfonamides is 1. The number of rotatable bonds is 7. The molecule has 0 saturated heterocycles. The van der Waals surface area contributed by atoms with E-state index in [1.165, 1.54) is 29.6 Å². The molecule has 36 heavy (non-hydrogen) atoms. The van der Waals surface area contributed by atoms with E-state index >= 15 is 0 Å². The molecule has 188 valence electrons. The third-order valence-electron chi connectivity index (χ3n) is 5.86. The van der Waals surface area contributed by atoms with Gasteiger partial charge in [0.2, 0.25) is 10.0 Å². The van der Waals surface area contributed by atoms with E-state index in [1.807, 2.05) is 6.07 Å². The number of ether oxygens (including phenoxy) is 1. The van der Waals surface area contributed by atoms with Gasteiger partial charge < -0.3 is 4.74 Å². The van der Waals surface area contributed by atoms with E-state index in [0.29, 0.717) is 22.4 Å². The fourth-order valence-electron chi connectivity index (χ4n) is 3.77.